The fourth-order valence-corrected chi connectivity index (χ4v) is 5.48. The molecule has 0 bridgehead atoms. The van der Waals surface area contributed by atoms with Gasteiger partial charge in [0.05, 0.1) is 9.59 Å². The van der Waals surface area contributed by atoms with E-state index in [0.29, 0.717) is 10.8 Å². The topological polar surface area (TPSA) is 66.8 Å². The van der Waals surface area contributed by atoms with Crippen LogP contribution < -0.4 is 0 Å². The Morgan fingerprint density at radius 2 is 2.24 bits per heavy atom. The van der Waals surface area contributed by atoms with E-state index in [4.69, 9.17) is 11.6 Å². The van der Waals surface area contributed by atoms with Crippen LogP contribution in [0, 0.1) is 0 Å². The minimum Gasteiger partial charge on any atom is -0.286 e. The molecule has 114 valence electrons. The zero-order valence-electron chi connectivity index (χ0n) is 11.2. The second-order valence-corrected chi connectivity index (χ2v) is 8.88. The van der Waals surface area contributed by atoms with Crippen LogP contribution in [-0.2, 0) is 14.8 Å². The molecule has 1 amide bonds. The molecule has 0 spiro atoms. The monoisotopic (exact) mass is 364 g/mol. The van der Waals surface area contributed by atoms with Gasteiger partial charge in [0.15, 0.2) is 5.17 Å². The molecule has 1 unspecified atom stereocenters. The van der Waals surface area contributed by atoms with Crippen LogP contribution in [0.5, 0.6) is 0 Å². The first kappa shape index (κ1) is 16.5. The number of thiophene rings is 1. The van der Waals surface area contributed by atoms with Gasteiger partial charge in [-0.15, -0.1) is 22.3 Å². The number of hydrogen-bond acceptors (Lipinski definition) is 5. The molecule has 1 aromatic rings. The summed E-state index contributed by atoms with van der Waals surface area (Å²) in [6.45, 7) is 5.69. The Hall–Kier alpha value is -0.830. The fraction of sp³-hybridized carbons (Fsp3) is 0.333. The number of thioether (sulfide) groups is 1. The molecule has 0 N–H and O–H groups in total. The Kier molecular flexibility index (Phi) is 5.13. The van der Waals surface area contributed by atoms with Gasteiger partial charge in [0, 0.05) is 6.54 Å². The first-order valence-electron chi connectivity index (χ1n) is 6.08. The maximum absolute atomic E-state index is 12.2. The van der Waals surface area contributed by atoms with Crippen molar-refractivity contribution in [3.63, 3.8) is 0 Å². The van der Waals surface area contributed by atoms with E-state index in [1.165, 1.54) is 28.8 Å². The van der Waals surface area contributed by atoms with Crippen molar-refractivity contribution < 1.29 is 13.2 Å². The lowest BCUT2D eigenvalue weighted by Gasteiger charge is -2.13. The highest BCUT2D eigenvalue weighted by Gasteiger charge is 2.37. The zero-order chi connectivity index (χ0) is 15.6. The molecule has 5 nitrogen and oxygen atoms in total. The van der Waals surface area contributed by atoms with Gasteiger partial charge < -0.3 is 0 Å². The van der Waals surface area contributed by atoms with Crippen LogP contribution in [0.25, 0.3) is 0 Å². The molecule has 1 saturated heterocycles. The minimum atomic E-state index is -3.86. The van der Waals surface area contributed by atoms with E-state index < -0.39 is 10.0 Å². The number of hydrogen-bond donors (Lipinski definition) is 0. The Morgan fingerprint density at radius 1 is 1.52 bits per heavy atom. The average molecular weight is 365 g/mol. The van der Waals surface area contributed by atoms with Crippen LogP contribution in [-0.4, -0.2) is 36.2 Å². The average Bonchev–Trinajstić information content (AvgIpc) is 2.97. The van der Waals surface area contributed by atoms with Crippen molar-refractivity contribution in [1.29, 1.82) is 0 Å². The Bertz CT molecular complexity index is 696. The highest BCUT2D eigenvalue weighted by Crippen LogP contribution is 2.32. The van der Waals surface area contributed by atoms with Gasteiger partial charge in [-0.25, -0.2) is 0 Å². The summed E-state index contributed by atoms with van der Waals surface area (Å²) in [5.74, 6) is -0.138. The predicted molar refractivity (Wildman–Crippen MR) is 87.5 cm³/mol. The second kappa shape index (κ2) is 6.51. The van der Waals surface area contributed by atoms with Crippen molar-refractivity contribution in [1.82, 2.24) is 4.90 Å². The highest BCUT2D eigenvalue weighted by atomic mass is 35.5. The minimum absolute atomic E-state index is 0.0616. The van der Waals surface area contributed by atoms with Gasteiger partial charge in [-0.05, 0) is 18.6 Å². The van der Waals surface area contributed by atoms with E-state index in [9.17, 15) is 13.2 Å². The summed E-state index contributed by atoms with van der Waals surface area (Å²) < 4.78 is 28.7. The van der Waals surface area contributed by atoms with Crippen molar-refractivity contribution in [3.8, 4) is 0 Å². The molecule has 2 heterocycles. The number of amidine groups is 1. The van der Waals surface area contributed by atoms with Gasteiger partial charge in [0.2, 0.25) is 5.91 Å². The Balaban J connectivity index is 2.38. The Labute approximate surface area is 136 Å². The lowest BCUT2D eigenvalue weighted by molar-refractivity contribution is -0.125. The number of carbonyl (C=O) groups excluding carboxylic acids is 1. The molecule has 1 aliphatic rings. The van der Waals surface area contributed by atoms with Gasteiger partial charge in [-0.3, -0.25) is 9.69 Å². The lowest BCUT2D eigenvalue weighted by Crippen LogP contribution is -2.32. The molecule has 21 heavy (non-hydrogen) atoms. The van der Waals surface area contributed by atoms with Crippen molar-refractivity contribution >= 4 is 55.8 Å². The number of sulfonamides is 1. The number of carbonyl (C=O) groups is 1. The smallest absolute Gasteiger partial charge is 0.286 e. The summed E-state index contributed by atoms with van der Waals surface area (Å²) in [6.07, 6.45) is 2.15. The van der Waals surface area contributed by atoms with E-state index in [2.05, 4.69) is 11.0 Å². The van der Waals surface area contributed by atoms with Crippen molar-refractivity contribution in [2.24, 2.45) is 4.40 Å². The van der Waals surface area contributed by atoms with Gasteiger partial charge in [-0.1, -0.05) is 36.4 Å². The third kappa shape index (κ3) is 3.50. The predicted octanol–water partition coefficient (Wildman–Crippen LogP) is 2.99. The summed E-state index contributed by atoms with van der Waals surface area (Å²) in [6, 6.07) is 2.91. The number of amides is 1. The molecule has 1 aromatic heterocycles. The van der Waals surface area contributed by atoms with Crippen LogP contribution >= 0.6 is 34.7 Å². The quantitative estimate of drug-likeness (QED) is 0.753. The molecule has 1 fully saturated rings. The van der Waals surface area contributed by atoms with E-state index in [-0.39, 0.29) is 27.1 Å². The van der Waals surface area contributed by atoms with Crippen LogP contribution in [0.3, 0.4) is 0 Å². The van der Waals surface area contributed by atoms with E-state index in [1.807, 2.05) is 6.92 Å². The van der Waals surface area contributed by atoms with Crippen LogP contribution in [0.4, 0.5) is 0 Å². The molecular formula is C12H13ClN2O3S3. The van der Waals surface area contributed by atoms with E-state index >= 15 is 0 Å². The molecule has 0 aromatic carbocycles. The largest absolute Gasteiger partial charge is 0.294 e. The molecule has 9 heteroatoms. The van der Waals surface area contributed by atoms with Crippen molar-refractivity contribution in [2.45, 2.75) is 22.8 Å². The van der Waals surface area contributed by atoms with Crippen molar-refractivity contribution in [2.75, 3.05) is 6.54 Å². The maximum Gasteiger partial charge on any atom is 0.294 e. The van der Waals surface area contributed by atoms with Crippen molar-refractivity contribution in [3.05, 3.63) is 29.1 Å². The van der Waals surface area contributed by atoms with Gasteiger partial charge in [-0.2, -0.15) is 8.42 Å². The first-order chi connectivity index (χ1) is 9.89. The summed E-state index contributed by atoms with van der Waals surface area (Å²) in [5, 5.41) is -0.109. The summed E-state index contributed by atoms with van der Waals surface area (Å²) in [4.78, 5) is 13.5. The summed E-state index contributed by atoms with van der Waals surface area (Å²) in [5.41, 5.74) is 0. The molecule has 2 rings (SSSR count). The number of halogens is 1. The Morgan fingerprint density at radius 3 is 2.76 bits per heavy atom. The SMILES string of the molecule is C=CCN1C(=O)C(CC)S/C1=N/S(=O)(=O)c1ccc(Cl)s1. The fourth-order valence-electron chi connectivity index (χ4n) is 1.72. The third-order valence-corrected chi connectivity index (χ3v) is 7.13. The van der Waals surface area contributed by atoms with E-state index in [0.717, 1.165) is 11.3 Å². The number of nitrogens with zero attached hydrogens (tertiary/aromatic N) is 2. The molecule has 0 aliphatic carbocycles. The van der Waals surface area contributed by atoms with E-state index in [1.54, 1.807) is 6.08 Å². The third-order valence-electron chi connectivity index (χ3n) is 2.70. The normalized spacial score (nSPS) is 21.2. The molecule has 0 radical (unpaired) electrons. The zero-order valence-corrected chi connectivity index (χ0v) is 14.4. The summed E-state index contributed by atoms with van der Waals surface area (Å²) >= 11 is 7.86. The van der Waals surface area contributed by atoms with Gasteiger partial charge >= 0.3 is 0 Å². The van der Waals surface area contributed by atoms with Gasteiger partial charge in [0.25, 0.3) is 10.0 Å². The number of rotatable bonds is 5. The standard InChI is InChI=1S/C12H13ClN2O3S3/c1-3-7-15-11(16)8(4-2)19-12(15)14-21(17,18)10-6-5-9(13)20-10/h3,5-6,8H,1,4,7H2,2H3/b14-12+. The molecule has 1 aliphatic heterocycles. The second-order valence-electron chi connectivity index (χ2n) is 4.16. The lowest BCUT2D eigenvalue weighted by atomic mass is 10.3. The molecule has 1 atom stereocenters. The molecule has 0 saturated carbocycles. The van der Waals surface area contributed by atoms with Crippen LogP contribution in [0.15, 0.2) is 33.4 Å². The highest BCUT2D eigenvalue weighted by molar-refractivity contribution is 8.16. The summed E-state index contributed by atoms with van der Waals surface area (Å²) in [7, 11) is -3.86. The van der Waals surface area contributed by atoms with Gasteiger partial charge in [0.1, 0.15) is 4.21 Å². The van der Waals surface area contributed by atoms with Crippen LogP contribution in [0.1, 0.15) is 13.3 Å². The maximum atomic E-state index is 12.2. The van der Waals surface area contributed by atoms with Crippen LogP contribution in [0.2, 0.25) is 4.34 Å². The first-order valence-corrected chi connectivity index (χ1v) is 9.59. The molecular weight excluding hydrogens is 352 g/mol.